The number of amidine groups is 1. The van der Waals surface area contributed by atoms with Crippen molar-refractivity contribution in [2.45, 2.75) is 63.5 Å². The number of carboxylic acid groups (broad SMARTS) is 1. The number of nitrogens with two attached hydrogens (primary N) is 2. The number of aliphatic carboxylic acids is 1. The van der Waals surface area contributed by atoms with Crippen LogP contribution in [0.25, 0.3) is 0 Å². The lowest BCUT2D eigenvalue weighted by Crippen LogP contribution is -2.61. The van der Waals surface area contributed by atoms with E-state index >= 15 is 0 Å². The van der Waals surface area contributed by atoms with Crippen LogP contribution in [0.15, 0.2) is 24.3 Å². The monoisotopic (exact) mass is 566 g/mol. The molecule has 2 atom stereocenters. The molecule has 0 spiro atoms. The summed E-state index contributed by atoms with van der Waals surface area (Å²) in [7, 11) is 0. The Hall–Kier alpha value is -4.13. The molecule has 1 saturated heterocycles. The Labute approximate surface area is 236 Å². The first-order valence-electron chi connectivity index (χ1n) is 13.7. The maximum absolute atomic E-state index is 14.1. The molecule has 7 N–H and O–H groups in total. The van der Waals surface area contributed by atoms with Crippen LogP contribution in [-0.4, -0.2) is 69.0 Å². The van der Waals surface area contributed by atoms with Crippen LogP contribution in [0.2, 0.25) is 0 Å². The minimum atomic E-state index is -1.66. The first kappa shape index (κ1) is 28.4. The number of rotatable bonds is 8. The van der Waals surface area contributed by atoms with Crippen LogP contribution in [0.1, 0.15) is 63.0 Å². The van der Waals surface area contributed by atoms with Gasteiger partial charge in [0.15, 0.2) is 0 Å². The largest absolute Gasteiger partial charge is 0.481 e. The second-order valence-corrected chi connectivity index (χ2v) is 12.2. The predicted molar refractivity (Wildman–Crippen MR) is 143 cm³/mol. The van der Waals surface area contributed by atoms with Crippen LogP contribution in [-0.2, 0) is 29.5 Å². The third-order valence-corrected chi connectivity index (χ3v) is 9.22. The van der Waals surface area contributed by atoms with E-state index in [0.29, 0.717) is 57.9 Å². The van der Waals surface area contributed by atoms with E-state index in [2.05, 4.69) is 5.32 Å². The van der Waals surface area contributed by atoms with Gasteiger partial charge in [-0.15, -0.1) is 0 Å². The molecule has 218 valence electrons. The zero-order valence-corrected chi connectivity index (χ0v) is 22.7. The molecule has 6 amide bonds. The number of hydrogen-bond acceptors (Lipinski definition) is 8. The number of urea groups is 1. The normalized spacial score (nSPS) is 30.6. The molecule has 5 fully saturated rings. The second-order valence-electron chi connectivity index (χ2n) is 12.2. The standard InChI is InChI=1S/C28H34N6O7/c1-27(18-4-2-17(3-5-18)22(30)31)24(39)33(26(41)32-27)13-20(35)34(23(38)19(29)9-21(36)37)25(40)28-10-14-6-15(11-28)8-16(7-14)12-28/h2-5,14-16,19H,6-13,29H2,1H3,(H3,30,31)(H,32,41)(H,36,37)/t14?,15?,16?,19-,27+,28?/m0/s1. The molecule has 41 heavy (non-hydrogen) atoms. The number of nitrogen functional groups attached to an aromatic ring is 1. The van der Waals surface area contributed by atoms with Gasteiger partial charge < -0.3 is 21.9 Å². The summed E-state index contributed by atoms with van der Waals surface area (Å²) < 4.78 is 0. The molecule has 13 heteroatoms. The molecule has 13 nitrogen and oxygen atoms in total. The average molecular weight is 567 g/mol. The zero-order chi connectivity index (χ0) is 29.9. The lowest BCUT2D eigenvalue weighted by molar-refractivity contribution is -0.170. The van der Waals surface area contributed by atoms with Gasteiger partial charge in [0.2, 0.25) is 5.91 Å². The van der Waals surface area contributed by atoms with Crippen LogP contribution >= 0.6 is 0 Å². The second kappa shape index (κ2) is 10.1. The fraction of sp³-hybridized carbons (Fsp3) is 0.536. The van der Waals surface area contributed by atoms with Gasteiger partial charge in [0.05, 0.1) is 17.9 Å². The van der Waals surface area contributed by atoms with E-state index in [4.69, 9.17) is 16.9 Å². The molecule has 4 bridgehead atoms. The summed E-state index contributed by atoms with van der Waals surface area (Å²) in [6.45, 7) is 0.544. The highest BCUT2D eigenvalue weighted by atomic mass is 16.4. The van der Waals surface area contributed by atoms with E-state index in [1.165, 1.54) is 31.2 Å². The first-order valence-corrected chi connectivity index (χ1v) is 13.7. The number of carboxylic acids is 1. The highest BCUT2D eigenvalue weighted by Gasteiger charge is 2.58. The van der Waals surface area contributed by atoms with Gasteiger partial charge in [-0.3, -0.25) is 34.3 Å². The van der Waals surface area contributed by atoms with Gasteiger partial charge in [0.25, 0.3) is 17.7 Å². The number of benzene rings is 1. The summed E-state index contributed by atoms with van der Waals surface area (Å²) in [5, 5.41) is 19.3. The van der Waals surface area contributed by atoms with Crippen molar-refractivity contribution in [3.63, 3.8) is 0 Å². The molecule has 0 unspecified atom stereocenters. The van der Waals surface area contributed by atoms with Crippen molar-refractivity contribution in [1.29, 1.82) is 5.41 Å². The number of nitrogens with one attached hydrogen (secondary N) is 2. The Morgan fingerprint density at radius 1 is 1.07 bits per heavy atom. The van der Waals surface area contributed by atoms with Crippen molar-refractivity contribution in [2.24, 2.45) is 34.6 Å². The Kier molecular flexibility index (Phi) is 6.96. The van der Waals surface area contributed by atoms with Gasteiger partial charge in [-0.25, -0.2) is 9.69 Å². The van der Waals surface area contributed by atoms with Crippen molar-refractivity contribution in [3.8, 4) is 0 Å². The van der Waals surface area contributed by atoms with Gasteiger partial charge in [0.1, 0.15) is 17.9 Å². The number of carbonyl (C=O) groups is 6. The molecule has 6 rings (SSSR count). The minimum Gasteiger partial charge on any atom is -0.481 e. The van der Waals surface area contributed by atoms with Crippen molar-refractivity contribution >= 4 is 41.5 Å². The quantitative estimate of drug-likeness (QED) is 0.169. The molecule has 1 aromatic carbocycles. The molecular formula is C28H34N6O7. The van der Waals surface area contributed by atoms with E-state index in [-0.39, 0.29) is 5.84 Å². The fourth-order valence-corrected chi connectivity index (χ4v) is 7.61. The summed E-state index contributed by atoms with van der Waals surface area (Å²) >= 11 is 0. The molecule has 4 saturated carbocycles. The zero-order valence-electron chi connectivity index (χ0n) is 22.7. The lowest BCUT2D eigenvalue weighted by Gasteiger charge is -2.56. The third kappa shape index (κ3) is 4.88. The number of carbonyl (C=O) groups excluding carboxylic acids is 5. The van der Waals surface area contributed by atoms with Crippen LogP contribution in [0.3, 0.4) is 0 Å². The fourth-order valence-electron chi connectivity index (χ4n) is 7.61. The van der Waals surface area contributed by atoms with Crippen LogP contribution < -0.4 is 16.8 Å². The van der Waals surface area contributed by atoms with Gasteiger partial charge in [-0.05, 0) is 68.8 Å². The van der Waals surface area contributed by atoms with E-state index < -0.39 is 65.6 Å². The lowest BCUT2D eigenvalue weighted by atomic mass is 9.49. The first-order chi connectivity index (χ1) is 19.2. The molecule has 0 aromatic heterocycles. The van der Waals surface area contributed by atoms with Crippen molar-refractivity contribution in [1.82, 2.24) is 15.1 Å². The average Bonchev–Trinajstić information content (AvgIpc) is 3.11. The van der Waals surface area contributed by atoms with Crippen molar-refractivity contribution in [3.05, 3.63) is 35.4 Å². The van der Waals surface area contributed by atoms with Crippen molar-refractivity contribution in [2.75, 3.05) is 6.54 Å². The molecule has 4 aliphatic carbocycles. The minimum absolute atomic E-state index is 0.176. The number of nitrogens with zero attached hydrogens (tertiary/aromatic N) is 2. The topological polar surface area (TPSA) is 217 Å². The summed E-state index contributed by atoms with van der Waals surface area (Å²) in [4.78, 5) is 79.9. The Bertz CT molecular complexity index is 1320. The molecule has 1 heterocycles. The predicted octanol–water partition coefficient (Wildman–Crippen LogP) is 0.638. The smallest absolute Gasteiger partial charge is 0.325 e. The summed E-state index contributed by atoms with van der Waals surface area (Å²) in [6.07, 6.45) is 3.79. The highest BCUT2D eigenvalue weighted by molar-refractivity contribution is 6.17. The Balaban J connectivity index is 1.41. The van der Waals surface area contributed by atoms with Gasteiger partial charge >= 0.3 is 12.0 Å². The van der Waals surface area contributed by atoms with Crippen LogP contribution in [0.4, 0.5) is 4.79 Å². The molecule has 5 aliphatic rings. The van der Waals surface area contributed by atoms with Gasteiger partial charge in [-0.1, -0.05) is 24.3 Å². The molecule has 0 radical (unpaired) electrons. The summed E-state index contributed by atoms with van der Waals surface area (Å²) in [6, 6.07) is 3.53. The van der Waals surface area contributed by atoms with Crippen LogP contribution in [0, 0.1) is 28.6 Å². The highest BCUT2D eigenvalue weighted by Crippen LogP contribution is 2.60. The van der Waals surface area contributed by atoms with E-state index in [1.54, 1.807) is 0 Å². The SMILES string of the molecule is C[C@]1(c2ccc(C(=N)N)cc2)NC(=O)N(CC(=O)N(C(=O)[C@@H](N)CC(=O)O)C(=O)C23CC4CC(CC(C4)C2)C3)C1=O. The van der Waals surface area contributed by atoms with Gasteiger partial charge in [0, 0.05) is 5.56 Å². The summed E-state index contributed by atoms with van der Waals surface area (Å²) in [5.41, 5.74) is 9.62. The molecule has 1 aliphatic heterocycles. The van der Waals surface area contributed by atoms with E-state index in [0.717, 1.165) is 19.3 Å². The Morgan fingerprint density at radius 2 is 1.61 bits per heavy atom. The van der Waals surface area contributed by atoms with E-state index in [1.807, 2.05) is 0 Å². The number of hydrogen-bond donors (Lipinski definition) is 5. The molecular weight excluding hydrogens is 532 g/mol. The van der Waals surface area contributed by atoms with Crippen molar-refractivity contribution < 1.29 is 33.9 Å². The Morgan fingerprint density at radius 3 is 2.10 bits per heavy atom. The third-order valence-electron chi connectivity index (χ3n) is 9.22. The van der Waals surface area contributed by atoms with Gasteiger partial charge in [-0.2, -0.15) is 0 Å². The number of amides is 6. The maximum Gasteiger partial charge on any atom is 0.325 e. The summed E-state index contributed by atoms with van der Waals surface area (Å²) in [5.74, 6) is -4.39. The molecule has 1 aromatic rings. The maximum atomic E-state index is 14.1. The van der Waals surface area contributed by atoms with E-state index in [9.17, 15) is 33.9 Å². The van der Waals surface area contributed by atoms with Crippen LogP contribution in [0.5, 0.6) is 0 Å². The number of imide groups is 4.